The summed E-state index contributed by atoms with van der Waals surface area (Å²) in [5, 5.41) is 3.86. The van der Waals surface area contributed by atoms with Crippen molar-refractivity contribution in [3.63, 3.8) is 0 Å². The lowest BCUT2D eigenvalue weighted by Gasteiger charge is -2.46. The number of hydrogen-bond acceptors (Lipinski definition) is 2. The molecule has 3 unspecified atom stereocenters. The summed E-state index contributed by atoms with van der Waals surface area (Å²) in [7, 11) is 1.78. The maximum atomic E-state index is 5.82. The Bertz CT molecular complexity index is 1080. The molecule has 2 aromatic carbocycles. The van der Waals surface area contributed by atoms with Crippen LogP contribution in [0.4, 0.5) is 0 Å². The summed E-state index contributed by atoms with van der Waals surface area (Å²) in [5.74, 6) is 1.74. The third kappa shape index (κ3) is 3.06. The van der Waals surface area contributed by atoms with Gasteiger partial charge >= 0.3 is 0 Å². The van der Waals surface area contributed by atoms with Crippen LogP contribution < -0.4 is 10.1 Å². The molecule has 0 fully saturated rings. The van der Waals surface area contributed by atoms with Gasteiger partial charge in [0.15, 0.2) is 0 Å². The maximum absolute atomic E-state index is 5.82. The van der Waals surface area contributed by atoms with Gasteiger partial charge in [0.25, 0.3) is 0 Å². The van der Waals surface area contributed by atoms with Crippen molar-refractivity contribution < 1.29 is 4.74 Å². The van der Waals surface area contributed by atoms with Gasteiger partial charge in [0.05, 0.1) is 7.11 Å². The molecule has 5 rings (SSSR count). The molecule has 2 aliphatic carbocycles. The van der Waals surface area contributed by atoms with Crippen molar-refractivity contribution in [1.29, 1.82) is 0 Å². The fourth-order valence-electron chi connectivity index (χ4n) is 5.84. The van der Waals surface area contributed by atoms with E-state index < -0.39 is 0 Å². The monoisotopic (exact) mass is 397 g/mol. The highest BCUT2D eigenvalue weighted by molar-refractivity contribution is 5.87. The largest absolute Gasteiger partial charge is 0.496 e. The minimum Gasteiger partial charge on any atom is -0.496 e. The van der Waals surface area contributed by atoms with Crippen LogP contribution in [-0.2, 0) is 6.42 Å². The lowest BCUT2D eigenvalue weighted by Crippen LogP contribution is -2.53. The van der Waals surface area contributed by atoms with Crippen molar-refractivity contribution in [3.05, 3.63) is 94.1 Å². The molecule has 0 saturated carbocycles. The number of allylic oxidation sites excluding steroid dienone is 2. The zero-order chi connectivity index (χ0) is 21.0. The Morgan fingerprint density at radius 1 is 1.03 bits per heavy atom. The van der Waals surface area contributed by atoms with Crippen LogP contribution in [-0.4, -0.2) is 18.7 Å². The summed E-state index contributed by atoms with van der Waals surface area (Å²) < 4.78 is 5.82. The van der Waals surface area contributed by atoms with Crippen molar-refractivity contribution in [2.24, 2.45) is 5.92 Å². The minimum atomic E-state index is 0.0112. The summed E-state index contributed by atoms with van der Waals surface area (Å²) in [6, 6.07) is 16.0. The molecule has 0 amide bonds. The Hall–Kier alpha value is -2.58. The van der Waals surface area contributed by atoms with E-state index >= 15 is 0 Å². The number of fused-ring (bicyclic) bond motifs is 4. The van der Waals surface area contributed by atoms with Crippen LogP contribution in [0.3, 0.4) is 0 Å². The summed E-state index contributed by atoms with van der Waals surface area (Å²) in [4.78, 5) is 0. The predicted octanol–water partition coefficient (Wildman–Crippen LogP) is 5.98. The fraction of sp³-hybridized carbons (Fsp3) is 0.357. The summed E-state index contributed by atoms with van der Waals surface area (Å²) in [6.07, 6.45) is 8.15. The first kappa shape index (κ1) is 19.4. The van der Waals surface area contributed by atoms with Gasteiger partial charge in [-0.3, -0.25) is 0 Å². The molecule has 0 spiro atoms. The van der Waals surface area contributed by atoms with E-state index in [0.29, 0.717) is 17.9 Å². The van der Waals surface area contributed by atoms with Gasteiger partial charge in [0.2, 0.25) is 0 Å². The molecule has 2 aromatic rings. The number of benzene rings is 2. The summed E-state index contributed by atoms with van der Waals surface area (Å²) in [5.41, 5.74) is 9.76. The second-order valence-corrected chi connectivity index (χ2v) is 9.65. The van der Waals surface area contributed by atoms with E-state index in [1.165, 1.54) is 33.4 Å². The predicted molar refractivity (Wildman–Crippen MR) is 125 cm³/mol. The Morgan fingerprint density at radius 3 is 2.53 bits per heavy atom. The fourth-order valence-corrected chi connectivity index (χ4v) is 5.84. The quantitative estimate of drug-likeness (QED) is 0.630. The molecule has 30 heavy (non-hydrogen) atoms. The van der Waals surface area contributed by atoms with Gasteiger partial charge in [-0.15, -0.1) is 0 Å². The molecule has 2 heteroatoms. The van der Waals surface area contributed by atoms with Crippen molar-refractivity contribution in [3.8, 4) is 5.75 Å². The average molecular weight is 398 g/mol. The standard InChI is InChI=1S/C28H31NO/c1-17-9-11-19(12-10-17)22-15-20-7-6-8-24(30-5)26(20)21-13-14-23-25(27(21)22)18(2)16-28(3,4)29-23/h6-14,16,22-23,25,29H,15H2,1-5H3. The molecule has 3 atom stereocenters. The first-order valence-corrected chi connectivity index (χ1v) is 11.0. The molecule has 2 nitrogen and oxygen atoms in total. The van der Waals surface area contributed by atoms with E-state index in [0.717, 1.165) is 12.2 Å². The van der Waals surface area contributed by atoms with E-state index in [-0.39, 0.29) is 5.54 Å². The molecular formula is C28H31NO. The number of ether oxygens (including phenoxy) is 1. The zero-order valence-corrected chi connectivity index (χ0v) is 18.6. The maximum Gasteiger partial charge on any atom is 0.126 e. The molecule has 154 valence electrons. The van der Waals surface area contributed by atoms with E-state index in [9.17, 15) is 0 Å². The smallest absolute Gasteiger partial charge is 0.126 e. The number of methoxy groups -OCH3 is 1. The molecule has 0 saturated heterocycles. The van der Waals surface area contributed by atoms with E-state index in [1.807, 2.05) is 0 Å². The SMILES string of the molecule is COc1cccc2c1C1=C(C(c3ccc(C)cc3)C2)C2C(C)=CC(C)(C)NC2C=C1. The minimum absolute atomic E-state index is 0.0112. The van der Waals surface area contributed by atoms with Crippen LogP contribution in [0.5, 0.6) is 5.75 Å². The van der Waals surface area contributed by atoms with Gasteiger partial charge in [-0.2, -0.15) is 0 Å². The molecule has 3 aliphatic rings. The first-order chi connectivity index (χ1) is 14.4. The highest BCUT2D eigenvalue weighted by atomic mass is 16.5. The molecular weight excluding hydrogens is 366 g/mol. The summed E-state index contributed by atoms with van der Waals surface area (Å²) >= 11 is 0. The zero-order valence-electron chi connectivity index (χ0n) is 18.6. The van der Waals surface area contributed by atoms with Crippen molar-refractivity contribution >= 4 is 5.57 Å². The second kappa shape index (κ2) is 6.99. The van der Waals surface area contributed by atoms with Gasteiger partial charge in [-0.25, -0.2) is 0 Å². The van der Waals surface area contributed by atoms with Crippen LogP contribution in [0.2, 0.25) is 0 Å². The number of rotatable bonds is 2. The molecule has 1 N–H and O–H groups in total. The molecule has 1 heterocycles. The lowest BCUT2D eigenvalue weighted by atomic mass is 9.64. The van der Waals surface area contributed by atoms with Gasteiger partial charge in [0, 0.05) is 29.0 Å². The van der Waals surface area contributed by atoms with Crippen molar-refractivity contribution in [2.45, 2.75) is 51.6 Å². The van der Waals surface area contributed by atoms with E-state index in [4.69, 9.17) is 4.74 Å². The lowest BCUT2D eigenvalue weighted by molar-refractivity contribution is 0.350. The van der Waals surface area contributed by atoms with Crippen LogP contribution in [0.15, 0.2) is 71.8 Å². The molecule has 0 radical (unpaired) electrons. The topological polar surface area (TPSA) is 21.3 Å². The highest BCUT2D eigenvalue weighted by Crippen LogP contribution is 2.52. The highest BCUT2D eigenvalue weighted by Gasteiger charge is 2.42. The summed E-state index contributed by atoms with van der Waals surface area (Å²) in [6.45, 7) is 9.01. The van der Waals surface area contributed by atoms with Crippen molar-refractivity contribution in [1.82, 2.24) is 5.32 Å². The Labute approximate surface area is 180 Å². The van der Waals surface area contributed by atoms with E-state index in [1.54, 1.807) is 12.7 Å². The van der Waals surface area contributed by atoms with Crippen LogP contribution in [0.1, 0.15) is 48.9 Å². The average Bonchev–Trinajstić information content (AvgIpc) is 2.71. The third-order valence-electron chi connectivity index (χ3n) is 6.97. The molecule has 1 aliphatic heterocycles. The molecule has 0 aromatic heterocycles. The number of nitrogens with one attached hydrogen (secondary N) is 1. The Kier molecular flexibility index (Phi) is 4.52. The van der Waals surface area contributed by atoms with Gasteiger partial charge in [-0.1, -0.05) is 65.8 Å². The van der Waals surface area contributed by atoms with Gasteiger partial charge in [0.1, 0.15) is 5.75 Å². The third-order valence-corrected chi connectivity index (χ3v) is 6.97. The Balaban J connectivity index is 1.75. The second-order valence-electron chi connectivity index (χ2n) is 9.65. The normalized spacial score (nSPS) is 26.4. The van der Waals surface area contributed by atoms with Crippen LogP contribution in [0.25, 0.3) is 5.57 Å². The van der Waals surface area contributed by atoms with E-state index in [2.05, 4.69) is 93.7 Å². The van der Waals surface area contributed by atoms with Crippen LogP contribution in [0, 0.1) is 12.8 Å². The van der Waals surface area contributed by atoms with Gasteiger partial charge in [-0.05, 0) is 62.5 Å². The van der Waals surface area contributed by atoms with Crippen LogP contribution >= 0.6 is 0 Å². The first-order valence-electron chi connectivity index (χ1n) is 11.0. The van der Waals surface area contributed by atoms with Gasteiger partial charge < -0.3 is 10.1 Å². The van der Waals surface area contributed by atoms with Crippen molar-refractivity contribution in [2.75, 3.05) is 7.11 Å². The molecule has 0 bridgehead atoms. The Morgan fingerprint density at radius 2 is 1.80 bits per heavy atom. The number of hydrogen-bond donors (Lipinski definition) is 1. The number of aryl methyl sites for hydroxylation is 1.